The summed E-state index contributed by atoms with van der Waals surface area (Å²) >= 11 is 0. The summed E-state index contributed by atoms with van der Waals surface area (Å²) in [4.78, 5) is 8.13. The Kier molecular flexibility index (Phi) is 3.38. The molecule has 0 fully saturated rings. The number of halogens is 1. The topological polar surface area (TPSA) is 87.5 Å². The van der Waals surface area contributed by atoms with Crippen LogP contribution in [0.25, 0.3) is 10.9 Å². The number of anilines is 2. The molecular formula is C15H12FN3O3. The highest BCUT2D eigenvalue weighted by Gasteiger charge is 2.12. The van der Waals surface area contributed by atoms with Gasteiger partial charge in [0.25, 0.3) is 0 Å². The molecule has 3 aromatic rings. The summed E-state index contributed by atoms with van der Waals surface area (Å²) in [6.45, 7) is 0. The number of ether oxygens (including phenoxy) is 1. The molecule has 0 aliphatic heterocycles. The maximum atomic E-state index is 13.9. The van der Waals surface area contributed by atoms with Crippen molar-refractivity contribution in [1.82, 2.24) is 9.97 Å². The van der Waals surface area contributed by atoms with Crippen LogP contribution in [-0.4, -0.2) is 27.3 Å². The van der Waals surface area contributed by atoms with E-state index < -0.39 is 11.6 Å². The second kappa shape index (κ2) is 5.36. The summed E-state index contributed by atoms with van der Waals surface area (Å²) in [7, 11) is 1.43. The van der Waals surface area contributed by atoms with Gasteiger partial charge in [-0.2, -0.15) is 0 Å². The van der Waals surface area contributed by atoms with Gasteiger partial charge in [-0.05, 0) is 18.2 Å². The van der Waals surface area contributed by atoms with Crippen molar-refractivity contribution >= 4 is 22.4 Å². The molecule has 0 bridgehead atoms. The van der Waals surface area contributed by atoms with E-state index in [0.717, 1.165) is 0 Å². The molecule has 0 saturated heterocycles. The lowest BCUT2D eigenvalue weighted by Crippen LogP contribution is -1.98. The first-order valence-corrected chi connectivity index (χ1v) is 6.36. The molecule has 0 aliphatic rings. The number of phenolic OH excluding ortho intramolecular Hbond substituents is 2. The van der Waals surface area contributed by atoms with E-state index in [4.69, 9.17) is 4.74 Å². The Hall–Kier alpha value is -3.09. The van der Waals surface area contributed by atoms with Crippen molar-refractivity contribution in [2.75, 3.05) is 12.4 Å². The minimum Gasteiger partial charge on any atom is -0.505 e. The molecule has 0 aliphatic carbocycles. The summed E-state index contributed by atoms with van der Waals surface area (Å²) < 4.78 is 18.9. The van der Waals surface area contributed by atoms with E-state index in [9.17, 15) is 14.6 Å². The first-order valence-electron chi connectivity index (χ1n) is 6.36. The van der Waals surface area contributed by atoms with E-state index in [2.05, 4.69) is 15.3 Å². The Morgan fingerprint density at radius 1 is 1.14 bits per heavy atom. The maximum absolute atomic E-state index is 13.9. The van der Waals surface area contributed by atoms with Crippen LogP contribution in [0.15, 0.2) is 36.7 Å². The van der Waals surface area contributed by atoms with Crippen molar-refractivity contribution in [3.05, 3.63) is 42.5 Å². The van der Waals surface area contributed by atoms with Crippen LogP contribution < -0.4 is 10.1 Å². The Bertz CT molecular complexity index is 855. The second-order valence-electron chi connectivity index (χ2n) is 4.53. The molecule has 0 spiro atoms. The lowest BCUT2D eigenvalue weighted by molar-refractivity contribution is 0.374. The maximum Gasteiger partial charge on any atom is 0.188 e. The molecule has 0 unspecified atom stereocenters. The number of rotatable bonds is 3. The van der Waals surface area contributed by atoms with Crippen LogP contribution in [0.5, 0.6) is 17.2 Å². The lowest BCUT2D eigenvalue weighted by atomic mass is 10.2. The number of nitrogens with one attached hydrogen (secondary N) is 1. The molecule has 0 saturated carbocycles. The number of methoxy groups -OCH3 is 1. The molecule has 3 rings (SSSR count). The van der Waals surface area contributed by atoms with Crippen molar-refractivity contribution in [2.45, 2.75) is 0 Å². The van der Waals surface area contributed by atoms with Crippen LogP contribution in [-0.2, 0) is 0 Å². The van der Waals surface area contributed by atoms with Crippen LogP contribution in [0.3, 0.4) is 0 Å². The predicted octanol–water partition coefficient (Wildman–Crippen LogP) is 2.93. The quantitative estimate of drug-likeness (QED) is 0.689. The Morgan fingerprint density at radius 2 is 1.95 bits per heavy atom. The van der Waals surface area contributed by atoms with Crippen LogP contribution in [0, 0.1) is 5.82 Å². The fourth-order valence-corrected chi connectivity index (χ4v) is 2.08. The first kappa shape index (κ1) is 13.9. The molecule has 6 nitrogen and oxygen atoms in total. The molecule has 2 aromatic carbocycles. The Balaban J connectivity index is 2.11. The van der Waals surface area contributed by atoms with Gasteiger partial charge >= 0.3 is 0 Å². The van der Waals surface area contributed by atoms with Crippen molar-refractivity contribution < 1.29 is 19.3 Å². The average molecular weight is 301 g/mol. The van der Waals surface area contributed by atoms with E-state index in [0.29, 0.717) is 16.7 Å². The summed E-state index contributed by atoms with van der Waals surface area (Å²) in [6, 6.07) is 7.19. The molecule has 1 heterocycles. The van der Waals surface area contributed by atoms with Gasteiger partial charge in [-0.1, -0.05) is 6.07 Å². The minimum atomic E-state index is -0.785. The molecule has 112 valence electrons. The van der Waals surface area contributed by atoms with Gasteiger partial charge in [0.05, 0.1) is 18.3 Å². The van der Waals surface area contributed by atoms with E-state index in [-0.39, 0.29) is 17.2 Å². The molecule has 0 amide bonds. The second-order valence-corrected chi connectivity index (χ2v) is 4.53. The van der Waals surface area contributed by atoms with Gasteiger partial charge in [-0.15, -0.1) is 0 Å². The van der Waals surface area contributed by atoms with Gasteiger partial charge in [0.15, 0.2) is 23.1 Å². The van der Waals surface area contributed by atoms with E-state index in [1.54, 1.807) is 6.07 Å². The molecule has 1 aromatic heterocycles. The standard InChI is InChI=1S/C15H12FN3O3/c1-22-13-6-10-8(5-12(13)21)15(18-7-17-10)19-9-3-2-4-11(20)14(9)16/h2-7,20-21H,1H3,(H,17,18,19). The third-order valence-electron chi connectivity index (χ3n) is 3.17. The molecule has 3 N–H and O–H groups in total. The number of benzene rings is 2. The van der Waals surface area contributed by atoms with Gasteiger partial charge in [-0.25, -0.2) is 14.4 Å². The summed E-state index contributed by atoms with van der Waals surface area (Å²) in [5.74, 6) is -0.753. The van der Waals surface area contributed by atoms with Crippen molar-refractivity contribution in [1.29, 1.82) is 0 Å². The summed E-state index contributed by atoms with van der Waals surface area (Å²) in [5, 5.41) is 22.5. The summed E-state index contributed by atoms with van der Waals surface area (Å²) in [5.41, 5.74) is 0.586. The van der Waals surface area contributed by atoms with E-state index >= 15 is 0 Å². The highest BCUT2D eigenvalue weighted by atomic mass is 19.1. The normalized spacial score (nSPS) is 10.6. The molecule has 0 atom stereocenters. The van der Waals surface area contributed by atoms with Crippen molar-refractivity contribution in [2.24, 2.45) is 0 Å². The monoisotopic (exact) mass is 301 g/mol. The van der Waals surface area contributed by atoms with Crippen LogP contribution in [0.2, 0.25) is 0 Å². The highest BCUT2D eigenvalue weighted by molar-refractivity contribution is 5.93. The number of fused-ring (bicyclic) bond motifs is 1. The molecule has 7 heteroatoms. The number of hydrogen-bond donors (Lipinski definition) is 3. The van der Waals surface area contributed by atoms with Gasteiger partial charge in [-0.3, -0.25) is 0 Å². The van der Waals surface area contributed by atoms with Gasteiger partial charge in [0.1, 0.15) is 12.1 Å². The zero-order valence-corrected chi connectivity index (χ0v) is 11.5. The van der Waals surface area contributed by atoms with E-state index in [1.165, 1.54) is 37.7 Å². The van der Waals surface area contributed by atoms with Crippen molar-refractivity contribution in [3.8, 4) is 17.2 Å². The number of phenols is 2. The molecular weight excluding hydrogens is 289 g/mol. The van der Waals surface area contributed by atoms with Crippen molar-refractivity contribution in [3.63, 3.8) is 0 Å². The highest BCUT2D eigenvalue weighted by Crippen LogP contribution is 2.34. The smallest absolute Gasteiger partial charge is 0.188 e. The first-order chi connectivity index (χ1) is 10.6. The summed E-state index contributed by atoms with van der Waals surface area (Å²) in [6.07, 6.45) is 1.31. The zero-order valence-electron chi connectivity index (χ0n) is 11.5. The van der Waals surface area contributed by atoms with Gasteiger partial charge in [0.2, 0.25) is 0 Å². The zero-order chi connectivity index (χ0) is 15.7. The van der Waals surface area contributed by atoms with Gasteiger partial charge < -0.3 is 20.3 Å². The van der Waals surface area contributed by atoms with Crippen LogP contribution in [0.1, 0.15) is 0 Å². The third kappa shape index (κ3) is 2.32. The van der Waals surface area contributed by atoms with E-state index in [1.807, 2.05) is 0 Å². The third-order valence-corrected chi connectivity index (χ3v) is 3.17. The van der Waals surface area contributed by atoms with Crippen LogP contribution >= 0.6 is 0 Å². The van der Waals surface area contributed by atoms with Gasteiger partial charge in [0, 0.05) is 11.5 Å². The Labute approximate surface area is 124 Å². The predicted molar refractivity (Wildman–Crippen MR) is 79.1 cm³/mol. The molecule has 22 heavy (non-hydrogen) atoms. The number of aromatic hydroxyl groups is 2. The largest absolute Gasteiger partial charge is 0.505 e. The van der Waals surface area contributed by atoms with Crippen LogP contribution in [0.4, 0.5) is 15.9 Å². The lowest BCUT2D eigenvalue weighted by Gasteiger charge is -2.11. The fourth-order valence-electron chi connectivity index (χ4n) is 2.08. The number of aromatic nitrogens is 2. The molecule has 0 radical (unpaired) electrons. The fraction of sp³-hybridized carbons (Fsp3) is 0.0667. The number of hydrogen-bond acceptors (Lipinski definition) is 6. The number of nitrogens with zero attached hydrogens (tertiary/aromatic N) is 2. The Morgan fingerprint density at radius 3 is 2.73 bits per heavy atom. The average Bonchev–Trinajstić information content (AvgIpc) is 2.52. The SMILES string of the molecule is COc1cc2ncnc(Nc3cccc(O)c3F)c2cc1O. The minimum absolute atomic E-state index is 0.0651.